The fourth-order valence-electron chi connectivity index (χ4n) is 9.91. The van der Waals surface area contributed by atoms with Crippen molar-refractivity contribution < 1.29 is 72.0 Å². The van der Waals surface area contributed by atoms with Crippen molar-refractivity contribution in [2.45, 2.75) is 95.9 Å². The number of nitrogens with zero attached hydrogens (tertiary/aromatic N) is 3. The Morgan fingerprint density at radius 1 is 0.886 bits per heavy atom. The van der Waals surface area contributed by atoms with Crippen molar-refractivity contribution in [3.05, 3.63) is 110 Å². The summed E-state index contributed by atoms with van der Waals surface area (Å²) in [5, 5.41) is 38.5. The number of halogens is 1. The molecule has 25 nitrogen and oxygen atoms in total. The van der Waals surface area contributed by atoms with Crippen LogP contribution in [0.25, 0.3) is 22.3 Å². The highest BCUT2D eigenvalue weighted by Crippen LogP contribution is 2.46. The maximum Gasteiger partial charge on any atom is 0.343 e. The van der Waals surface area contributed by atoms with Gasteiger partial charge in [0.05, 0.1) is 61.2 Å². The molecule has 2 aromatic heterocycles. The Hall–Kier alpha value is -8.75. The first-order valence-electron chi connectivity index (χ1n) is 25.2. The summed E-state index contributed by atoms with van der Waals surface area (Å²) >= 11 is 0. The number of aliphatic carboxylic acids is 1. The first-order valence-corrected chi connectivity index (χ1v) is 25.2. The van der Waals surface area contributed by atoms with Crippen LogP contribution in [0.5, 0.6) is 0 Å². The van der Waals surface area contributed by atoms with E-state index in [1.54, 1.807) is 50.2 Å². The number of carboxylic acid groups (broad SMARTS) is 1. The van der Waals surface area contributed by atoms with Crippen LogP contribution < -0.4 is 42.8 Å². The Morgan fingerprint density at radius 2 is 1.56 bits per heavy atom. The number of imide groups is 1. The van der Waals surface area contributed by atoms with Gasteiger partial charge in [0, 0.05) is 47.7 Å². The van der Waals surface area contributed by atoms with Gasteiger partial charge in [0.2, 0.25) is 29.5 Å². The highest BCUT2D eigenvalue weighted by molar-refractivity contribution is 6.15. The molecule has 4 atom stereocenters. The highest BCUT2D eigenvalue weighted by Gasteiger charge is 2.46. The molecule has 8 amide bonds. The Labute approximate surface area is 449 Å². The van der Waals surface area contributed by atoms with Gasteiger partial charge in [0.15, 0.2) is 5.60 Å². The van der Waals surface area contributed by atoms with Gasteiger partial charge in [-0.05, 0) is 68.4 Å². The van der Waals surface area contributed by atoms with Crippen molar-refractivity contribution in [1.82, 2.24) is 51.7 Å². The lowest BCUT2D eigenvalue weighted by molar-refractivity contribution is -0.172. The minimum atomic E-state index is -2.08. The number of hydrogen-bond acceptors (Lipinski definition) is 16. The largest absolute Gasteiger partial charge is 0.480 e. The molecule has 1 aliphatic carbocycles. The van der Waals surface area contributed by atoms with Crippen LogP contribution in [0.3, 0.4) is 0 Å². The summed E-state index contributed by atoms with van der Waals surface area (Å²) in [5.74, 6) is -9.06. The van der Waals surface area contributed by atoms with E-state index in [2.05, 4.69) is 37.2 Å². The molecule has 26 heteroatoms. The van der Waals surface area contributed by atoms with Gasteiger partial charge in [-0.25, -0.2) is 14.2 Å². The first-order chi connectivity index (χ1) is 37.5. The summed E-state index contributed by atoms with van der Waals surface area (Å²) in [6, 6.07) is 7.94. The number of pyridine rings is 2. The standard InChI is InChI=1S/C53H57FN10O15/c1-5-53(77)31-16-36-46-29(23-63(36)49(74)30(31)24-78-51(53)76)45-33(12-11-28-26(2)32(54)17-34(61-46)44(28)45)62-50(75)52(3,4)79-25-59-39(66)20-57-47(72)35(15-27-9-7-6-8-10-27)60-40(67)21-56-38(65)19-58-48(73)37(18-55-22-43(70)71)64-41(68)13-14-42(64)69/h6-10,13-14,16-17,33,35,37,55,77H,5,11-12,15,18-25H2,1-4H3,(H,56,65)(H,57,72)(H,58,73)(H,59,66)(H,60,67)(H,62,75)(H,70,71)/t33?,35-,37+,53-/m0/s1. The van der Waals surface area contributed by atoms with E-state index in [1.807, 2.05) is 0 Å². The normalized spacial score (nSPS) is 17.7. The number of fused-ring (bicyclic) bond motifs is 5. The monoisotopic (exact) mass is 1090 g/mol. The smallest absolute Gasteiger partial charge is 0.343 e. The molecule has 416 valence electrons. The lowest BCUT2D eigenvalue weighted by Gasteiger charge is -2.32. The zero-order chi connectivity index (χ0) is 57.1. The number of aliphatic hydroxyl groups is 1. The van der Waals surface area contributed by atoms with E-state index >= 15 is 4.39 Å². The average molecular weight is 1090 g/mol. The molecular formula is C53H57FN10O15. The lowest BCUT2D eigenvalue weighted by Crippen LogP contribution is -2.56. The predicted octanol–water partition coefficient (Wildman–Crippen LogP) is -1.46. The molecule has 8 rings (SSSR count). The number of carbonyl (C=O) groups excluding carboxylic acids is 9. The number of rotatable bonds is 22. The molecule has 0 bridgehead atoms. The van der Waals surface area contributed by atoms with Gasteiger partial charge >= 0.3 is 11.9 Å². The van der Waals surface area contributed by atoms with Crippen molar-refractivity contribution in [3.8, 4) is 11.4 Å². The van der Waals surface area contributed by atoms with Crippen molar-refractivity contribution in [3.63, 3.8) is 0 Å². The van der Waals surface area contributed by atoms with Crippen molar-refractivity contribution in [1.29, 1.82) is 0 Å². The second kappa shape index (κ2) is 23.1. The molecule has 3 aliphatic heterocycles. The molecule has 2 aromatic carbocycles. The molecule has 0 spiro atoms. The highest BCUT2D eigenvalue weighted by atomic mass is 19.1. The Balaban J connectivity index is 0.862. The lowest BCUT2D eigenvalue weighted by atomic mass is 9.81. The summed E-state index contributed by atoms with van der Waals surface area (Å²) < 4.78 is 28.0. The Morgan fingerprint density at radius 3 is 2.24 bits per heavy atom. The number of ether oxygens (including phenoxy) is 2. The van der Waals surface area contributed by atoms with Gasteiger partial charge in [-0.3, -0.25) is 52.8 Å². The fraction of sp³-hybridized carbons (Fsp3) is 0.396. The second-order valence-electron chi connectivity index (χ2n) is 19.7. The molecule has 4 aromatic rings. The quantitative estimate of drug-likeness (QED) is 0.0217. The molecule has 1 unspecified atom stereocenters. The Kier molecular flexibility index (Phi) is 16.5. The number of aromatic nitrogens is 2. The van der Waals surface area contributed by atoms with E-state index in [1.165, 1.54) is 24.5 Å². The number of benzene rings is 2. The number of amides is 8. The van der Waals surface area contributed by atoms with Crippen LogP contribution in [0.2, 0.25) is 0 Å². The summed E-state index contributed by atoms with van der Waals surface area (Å²) in [6.45, 7) is 2.39. The van der Waals surface area contributed by atoms with Crippen LogP contribution in [0, 0.1) is 12.7 Å². The zero-order valence-electron chi connectivity index (χ0n) is 43.3. The maximum absolute atomic E-state index is 15.5. The van der Waals surface area contributed by atoms with Gasteiger partial charge in [-0.1, -0.05) is 37.3 Å². The van der Waals surface area contributed by atoms with Crippen LogP contribution in [0.4, 0.5) is 4.39 Å². The third kappa shape index (κ3) is 11.8. The number of aryl methyl sites for hydroxylation is 1. The Bertz CT molecular complexity index is 3310. The topological polar surface area (TPSA) is 352 Å². The van der Waals surface area contributed by atoms with E-state index in [0.29, 0.717) is 62.3 Å². The molecule has 0 saturated heterocycles. The van der Waals surface area contributed by atoms with Crippen molar-refractivity contribution in [2.24, 2.45) is 0 Å². The zero-order valence-corrected chi connectivity index (χ0v) is 43.3. The van der Waals surface area contributed by atoms with Crippen LogP contribution in [0.15, 0.2) is 59.4 Å². The minimum absolute atomic E-state index is 0.0223. The van der Waals surface area contributed by atoms with E-state index in [0.717, 1.165) is 12.2 Å². The van der Waals surface area contributed by atoms with Gasteiger partial charge in [0.1, 0.15) is 36.8 Å². The van der Waals surface area contributed by atoms with Gasteiger partial charge in [0.25, 0.3) is 23.3 Å². The van der Waals surface area contributed by atoms with Crippen LogP contribution in [-0.2, 0) is 89.0 Å². The molecule has 5 heterocycles. The third-order valence-electron chi connectivity index (χ3n) is 14.2. The number of nitrogens with one attached hydrogen (secondary N) is 7. The van der Waals surface area contributed by atoms with Gasteiger partial charge < -0.3 is 61.5 Å². The summed E-state index contributed by atoms with van der Waals surface area (Å²) in [4.78, 5) is 147. The number of carbonyl (C=O) groups is 10. The first kappa shape index (κ1) is 56.5. The van der Waals surface area contributed by atoms with Crippen LogP contribution >= 0.6 is 0 Å². The molecule has 4 aliphatic rings. The number of cyclic esters (lactones) is 1. The maximum atomic E-state index is 15.5. The summed E-state index contributed by atoms with van der Waals surface area (Å²) in [5.41, 5.74) is -0.0381. The summed E-state index contributed by atoms with van der Waals surface area (Å²) in [7, 11) is 0. The second-order valence-corrected chi connectivity index (χ2v) is 19.7. The van der Waals surface area contributed by atoms with E-state index < -0.39 is 139 Å². The number of hydrogen-bond donors (Lipinski definition) is 9. The van der Waals surface area contributed by atoms with Crippen LogP contribution in [-0.4, -0.2) is 141 Å². The van der Waals surface area contributed by atoms with Crippen LogP contribution in [0.1, 0.15) is 78.6 Å². The van der Waals surface area contributed by atoms with Crippen molar-refractivity contribution in [2.75, 3.05) is 39.5 Å². The number of carboxylic acids is 1. The van der Waals surface area contributed by atoms with E-state index in [9.17, 15) is 57.8 Å². The minimum Gasteiger partial charge on any atom is -0.480 e. The van der Waals surface area contributed by atoms with Gasteiger partial charge in [-0.15, -0.1) is 0 Å². The average Bonchev–Trinajstić information content (AvgIpc) is 4.05. The van der Waals surface area contributed by atoms with E-state index in [-0.39, 0.29) is 42.6 Å². The van der Waals surface area contributed by atoms with E-state index in [4.69, 9.17) is 19.6 Å². The van der Waals surface area contributed by atoms with Gasteiger partial charge in [-0.2, -0.15) is 0 Å². The predicted molar refractivity (Wildman–Crippen MR) is 273 cm³/mol. The van der Waals surface area contributed by atoms with Crippen molar-refractivity contribution >= 4 is 70.1 Å². The molecule has 0 fully saturated rings. The fourth-order valence-corrected chi connectivity index (χ4v) is 9.91. The molecule has 79 heavy (non-hydrogen) atoms. The summed E-state index contributed by atoms with van der Waals surface area (Å²) in [6.07, 6.45) is 2.45. The molecule has 0 radical (unpaired) electrons. The molecule has 0 saturated carbocycles. The molecular weight excluding hydrogens is 1040 g/mol. The number of esters is 1. The SMILES string of the molecule is CC[C@@]1(O)C(=O)OCc2c1cc1n(c2=O)Cc2c-1nc1cc(F)c(C)c3c1c2C(NC(=O)C(C)(C)OCNC(=O)CNC(=O)[C@H](Cc1ccccc1)NC(=O)CNC(=O)CNC(=O)[C@@H](CNCC(=O)O)N1C(=O)C=CC1=O)CC3. The molecule has 9 N–H and O–H groups in total. The third-order valence-corrected chi connectivity index (χ3v) is 14.2.